The van der Waals surface area contributed by atoms with E-state index in [1.165, 1.54) is 30.4 Å². The lowest BCUT2D eigenvalue weighted by molar-refractivity contribution is -0.138. The Kier molecular flexibility index (Phi) is 4.04. The summed E-state index contributed by atoms with van der Waals surface area (Å²) in [7, 11) is 1.89. The van der Waals surface area contributed by atoms with E-state index in [0.717, 1.165) is 10.5 Å². The molecule has 2 rings (SSSR count). The van der Waals surface area contributed by atoms with Gasteiger partial charge in [-0.2, -0.15) is 0 Å². The summed E-state index contributed by atoms with van der Waals surface area (Å²) >= 11 is 1.47. The van der Waals surface area contributed by atoms with Crippen LogP contribution in [0.1, 0.15) is 24.1 Å². The lowest BCUT2D eigenvalue weighted by Gasteiger charge is -2.08. The highest BCUT2D eigenvalue weighted by Gasteiger charge is 2.17. The smallest absolute Gasteiger partial charge is 0.310 e. The maximum absolute atomic E-state index is 13.9. The van der Waals surface area contributed by atoms with Gasteiger partial charge in [-0.1, -0.05) is 6.07 Å². The third-order valence-electron chi connectivity index (χ3n) is 3.20. The summed E-state index contributed by atoms with van der Waals surface area (Å²) in [6, 6.07) is 4.38. The molecular formula is C14H15FN2O2S. The summed E-state index contributed by atoms with van der Waals surface area (Å²) in [5.74, 6) is -2.46. The molecule has 0 spiro atoms. The maximum atomic E-state index is 13.9. The molecule has 0 radical (unpaired) electrons. The van der Waals surface area contributed by atoms with E-state index in [-0.39, 0.29) is 5.56 Å². The summed E-state index contributed by atoms with van der Waals surface area (Å²) in [6.07, 6.45) is 0. The van der Waals surface area contributed by atoms with Gasteiger partial charge < -0.3 is 9.67 Å². The normalized spacial score (nSPS) is 13.5. The Hall–Kier alpha value is -1.95. The number of aryl methyl sites for hydroxylation is 1. The standard InChI is InChI=1S/C14H15FN2O2S/c1-8-7-20-14(17(8)3)16-10-4-5-11(12(15)6-10)9(2)13(18)19/h4-7,9H,1-3H3,(H,18,19). The van der Waals surface area contributed by atoms with Crippen molar-refractivity contribution in [3.63, 3.8) is 0 Å². The minimum absolute atomic E-state index is 0.170. The zero-order valence-corrected chi connectivity index (χ0v) is 12.2. The van der Waals surface area contributed by atoms with Crippen molar-refractivity contribution in [2.45, 2.75) is 19.8 Å². The molecule has 0 aliphatic carbocycles. The monoisotopic (exact) mass is 294 g/mol. The summed E-state index contributed by atoms with van der Waals surface area (Å²) in [5, 5.41) is 10.9. The zero-order chi connectivity index (χ0) is 14.9. The van der Waals surface area contributed by atoms with E-state index in [1.54, 1.807) is 6.07 Å². The van der Waals surface area contributed by atoms with Gasteiger partial charge in [0.1, 0.15) is 5.82 Å². The van der Waals surface area contributed by atoms with Crippen LogP contribution in [0.2, 0.25) is 0 Å². The van der Waals surface area contributed by atoms with Gasteiger partial charge in [-0.25, -0.2) is 9.38 Å². The van der Waals surface area contributed by atoms with Crippen LogP contribution in [0.25, 0.3) is 0 Å². The summed E-state index contributed by atoms with van der Waals surface area (Å²) in [6.45, 7) is 3.42. The molecular weight excluding hydrogens is 279 g/mol. The van der Waals surface area contributed by atoms with Crippen LogP contribution in [-0.2, 0) is 11.8 Å². The van der Waals surface area contributed by atoms with Crippen molar-refractivity contribution in [3.05, 3.63) is 45.5 Å². The number of halogens is 1. The minimum Gasteiger partial charge on any atom is -0.481 e. The molecule has 106 valence electrons. The number of aliphatic carboxylic acids is 1. The number of thiazole rings is 1. The second-order valence-electron chi connectivity index (χ2n) is 4.60. The molecule has 0 aliphatic heterocycles. The molecule has 0 aliphatic rings. The first kappa shape index (κ1) is 14.5. The van der Waals surface area contributed by atoms with Gasteiger partial charge in [0, 0.05) is 23.7 Å². The molecule has 20 heavy (non-hydrogen) atoms. The number of benzene rings is 1. The van der Waals surface area contributed by atoms with Gasteiger partial charge in [0.2, 0.25) is 0 Å². The van der Waals surface area contributed by atoms with E-state index < -0.39 is 17.7 Å². The first-order valence-electron chi connectivity index (χ1n) is 6.08. The predicted octanol–water partition coefficient (Wildman–Crippen LogP) is 2.95. The van der Waals surface area contributed by atoms with Crippen LogP contribution in [-0.4, -0.2) is 15.6 Å². The fourth-order valence-corrected chi connectivity index (χ4v) is 2.62. The second-order valence-corrected chi connectivity index (χ2v) is 5.43. The fraction of sp³-hybridized carbons (Fsp3) is 0.286. The number of rotatable bonds is 3. The van der Waals surface area contributed by atoms with Crippen molar-refractivity contribution >= 4 is 23.0 Å². The van der Waals surface area contributed by atoms with Crippen LogP contribution in [0, 0.1) is 12.7 Å². The highest BCUT2D eigenvalue weighted by atomic mass is 32.1. The molecule has 4 nitrogen and oxygen atoms in total. The Morgan fingerprint density at radius 2 is 2.20 bits per heavy atom. The van der Waals surface area contributed by atoms with E-state index in [0.29, 0.717) is 5.69 Å². The van der Waals surface area contributed by atoms with E-state index in [9.17, 15) is 9.18 Å². The number of nitrogens with zero attached hydrogens (tertiary/aromatic N) is 2. The molecule has 0 bridgehead atoms. The molecule has 1 atom stereocenters. The van der Waals surface area contributed by atoms with Gasteiger partial charge in [-0.3, -0.25) is 4.79 Å². The van der Waals surface area contributed by atoms with E-state index in [1.807, 2.05) is 23.9 Å². The van der Waals surface area contributed by atoms with E-state index >= 15 is 0 Å². The molecule has 1 unspecified atom stereocenters. The fourth-order valence-electron chi connectivity index (χ4n) is 1.73. The van der Waals surface area contributed by atoms with Crippen molar-refractivity contribution < 1.29 is 14.3 Å². The Bertz CT molecular complexity index is 718. The molecule has 0 fully saturated rings. The average molecular weight is 294 g/mol. The third-order valence-corrected chi connectivity index (χ3v) is 4.23. The van der Waals surface area contributed by atoms with Crippen LogP contribution >= 0.6 is 11.3 Å². The van der Waals surface area contributed by atoms with Gasteiger partial charge in [0.25, 0.3) is 0 Å². The molecule has 0 saturated carbocycles. The molecule has 1 aromatic heterocycles. The van der Waals surface area contributed by atoms with Gasteiger partial charge in [-0.05, 0) is 26.0 Å². The number of hydrogen-bond donors (Lipinski definition) is 1. The van der Waals surface area contributed by atoms with Crippen molar-refractivity contribution in [2.24, 2.45) is 12.0 Å². The zero-order valence-electron chi connectivity index (χ0n) is 11.4. The topological polar surface area (TPSA) is 54.6 Å². The first-order valence-corrected chi connectivity index (χ1v) is 6.96. The number of carboxylic acids is 1. The van der Waals surface area contributed by atoms with Crippen LogP contribution in [0.15, 0.2) is 28.6 Å². The van der Waals surface area contributed by atoms with Crippen LogP contribution in [0.4, 0.5) is 10.1 Å². The molecule has 1 heterocycles. The Morgan fingerprint density at radius 3 is 2.70 bits per heavy atom. The number of hydrogen-bond acceptors (Lipinski definition) is 3. The summed E-state index contributed by atoms with van der Waals surface area (Å²) in [4.78, 5) is 16.0. The Balaban J connectivity index is 2.42. The number of carbonyl (C=O) groups is 1. The van der Waals surface area contributed by atoms with Gasteiger partial charge in [0.15, 0.2) is 4.80 Å². The summed E-state index contributed by atoms with van der Waals surface area (Å²) in [5.41, 5.74) is 1.72. The SMILES string of the molecule is Cc1csc(=Nc2ccc(C(C)C(=O)O)c(F)c2)n1C. The Morgan fingerprint density at radius 1 is 1.50 bits per heavy atom. The van der Waals surface area contributed by atoms with Crippen LogP contribution in [0.3, 0.4) is 0 Å². The first-order chi connectivity index (χ1) is 9.40. The highest BCUT2D eigenvalue weighted by molar-refractivity contribution is 7.07. The third kappa shape index (κ3) is 2.80. The van der Waals surface area contributed by atoms with Crippen LogP contribution in [0.5, 0.6) is 0 Å². The summed E-state index contributed by atoms with van der Waals surface area (Å²) < 4.78 is 15.9. The lowest BCUT2D eigenvalue weighted by Crippen LogP contribution is -2.11. The maximum Gasteiger partial charge on any atom is 0.310 e. The Labute approximate surface area is 119 Å². The molecule has 1 N–H and O–H groups in total. The van der Waals surface area contributed by atoms with E-state index in [2.05, 4.69) is 4.99 Å². The molecule has 0 saturated heterocycles. The van der Waals surface area contributed by atoms with E-state index in [4.69, 9.17) is 5.11 Å². The van der Waals surface area contributed by atoms with Crippen molar-refractivity contribution in [3.8, 4) is 0 Å². The number of carboxylic acid groups (broad SMARTS) is 1. The molecule has 1 aromatic carbocycles. The number of aromatic nitrogens is 1. The highest BCUT2D eigenvalue weighted by Crippen LogP contribution is 2.23. The van der Waals surface area contributed by atoms with Crippen molar-refractivity contribution in [1.29, 1.82) is 0 Å². The largest absolute Gasteiger partial charge is 0.481 e. The van der Waals surface area contributed by atoms with Gasteiger partial charge >= 0.3 is 5.97 Å². The molecule has 2 aromatic rings. The van der Waals surface area contributed by atoms with Crippen LogP contribution < -0.4 is 4.80 Å². The quantitative estimate of drug-likeness (QED) is 0.946. The van der Waals surface area contributed by atoms with Gasteiger partial charge in [0.05, 0.1) is 11.6 Å². The average Bonchev–Trinajstić information content (AvgIpc) is 2.70. The second kappa shape index (κ2) is 5.58. The predicted molar refractivity (Wildman–Crippen MR) is 75.7 cm³/mol. The van der Waals surface area contributed by atoms with Crippen molar-refractivity contribution in [2.75, 3.05) is 0 Å². The van der Waals surface area contributed by atoms with Crippen molar-refractivity contribution in [1.82, 2.24) is 4.57 Å². The van der Waals surface area contributed by atoms with Gasteiger partial charge in [-0.15, -0.1) is 11.3 Å². The molecule has 0 amide bonds. The minimum atomic E-state index is -1.05. The lowest BCUT2D eigenvalue weighted by atomic mass is 10.0. The molecule has 6 heteroatoms.